The van der Waals surface area contributed by atoms with E-state index in [1.165, 1.54) is 143 Å². The third-order valence-corrected chi connectivity index (χ3v) is 14.8. The van der Waals surface area contributed by atoms with Crippen LogP contribution >= 0.6 is 0 Å². The Labute approximate surface area is 414 Å². The smallest absolute Gasteiger partial charge is 0.00201 e. The van der Waals surface area contributed by atoms with Crippen LogP contribution in [0.3, 0.4) is 0 Å². The van der Waals surface area contributed by atoms with Gasteiger partial charge in [0.2, 0.25) is 0 Å². The van der Waals surface area contributed by atoms with Gasteiger partial charge in [0.1, 0.15) is 0 Å². The summed E-state index contributed by atoms with van der Waals surface area (Å²) in [5.41, 5.74) is 17.1. The van der Waals surface area contributed by atoms with Gasteiger partial charge >= 0.3 is 0 Å². The molecule has 0 fully saturated rings. The lowest BCUT2D eigenvalue weighted by molar-refractivity contribution is 1.44. The van der Waals surface area contributed by atoms with Crippen LogP contribution in [0.25, 0.3) is 137 Å². The lowest BCUT2D eigenvalue weighted by Crippen LogP contribution is -1.94. The van der Waals surface area contributed by atoms with E-state index in [0.29, 0.717) is 0 Å². The maximum atomic E-state index is 4.00. The molecule has 0 nitrogen and oxygen atoms in total. The van der Waals surface area contributed by atoms with Gasteiger partial charge in [-0.15, -0.1) is 0 Å². The number of allylic oxidation sites excluding steroid dienone is 2. The first-order valence-electron chi connectivity index (χ1n) is 24.6. The van der Waals surface area contributed by atoms with E-state index in [1.54, 1.807) is 0 Å². The van der Waals surface area contributed by atoms with Crippen LogP contribution in [0.5, 0.6) is 0 Å². The van der Waals surface area contributed by atoms with Crippen LogP contribution in [-0.2, 0) is 0 Å². The molecule has 71 heavy (non-hydrogen) atoms. The van der Waals surface area contributed by atoms with E-state index in [2.05, 4.69) is 262 Å². The number of aryl methyl sites for hydroxylation is 1. The van der Waals surface area contributed by atoms with E-state index < -0.39 is 0 Å². The fraction of sp³-hybridized carbons (Fsp3) is 0.0141. The average molecular weight is 901 g/mol. The zero-order valence-corrected chi connectivity index (χ0v) is 39.5. The van der Waals surface area contributed by atoms with Gasteiger partial charge in [0, 0.05) is 0 Å². The van der Waals surface area contributed by atoms with Crippen molar-refractivity contribution in [3.05, 3.63) is 273 Å². The highest BCUT2D eigenvalue weighted by Gasteiger charge is 2.21. The van der Waals surface area contributed by atoms with Crippen LogP contribution in [0.1, 0.15) is 11.1 Å². The van der Waals surface area contributed by atoms with Gasteiger partial charge < -0.3 is 0 Å². The fourth-order valence-electron chi connectivity index (χ4n) is 11.6. The van der Waals surface area contributed by atoms with Crippen LogP contribution in [0.4, 0.5) is 0 Å². The fourth-order valence-corrected chi connectivity index (χ4v) is 11.6. The molecular weight excluding hydrogens is 853 g/mol. The maximum absolute atomic E-state index is 4.00. The van der Waals surface area contributed by atoms with Gasteiger partial charge in [-0.1, -0.05) is 255 Å². The number of hydrogen-bond donors (Lipinski definition) is 0. The highest BCUT2D eigenvalue weighted by molar-refractivity contribution is 6.24. The van der Waals surface area contributed by atoms with Crippen LogP contribution < -0.4 is 0 Å². The molecule has 0 spiro atoms. The molecule has 13 aromatic carbocycles. The highest BCUT2D eigenvalue weighted by Crippen LogP contribution is 2.48. The average Bonchev–Trinajstić information content (AvgIpc) is 3.43. The summed E-state index contributed by atoms with van der Waals surface area (Å²) >= 11 is 0. The number of benzene rings is 13. The minimum absolute atomic E-state index is 1.18. The Morgan fingerprint density at radius 3 is 1.49 bits per heavy atom. The Morgan fingerprint density at radius 2 is 0.775 bits per heavy atom. The molecule has 13 aromatic rings. The molecule has 0 unspecified atom stereocenters. The van der Waals surface area contributed by atoms with E-state index in [9.17, 15) is 0 Å². The number of hydrogen-bond acceptors (Lipinski definition) is 0. The number of fused-ring (bicyclic) bond motifs is 6. The molecule has 0 aliphatic heterocycles. The van der Waals surface area contributed by atoms with E-state index in [0.717, 1.165) is 0 Å². The third kappa shape index (κ3) is 7.07. The summed E-state index contributed by atoms with van der Waals surface area (Å²) in [6, 6.07) is 90.0. The first-order valence-corrected chi connectivity index (χ1v) is 24.6. The minimum atomic E-state index is 1.18. The summed E-state index contributed by atoms with van der Waals surface area (Å²) < 4.78 is 0. The first-order chi connectivity index (χ1) is 35.1. The van der Waals surface area contributed by atoms with E-state index in [4.69, 9.17) is 0 Å². The summed E-state index contributed by atoms with van der Waals surface area (Å²) in [5.74, 6) is 0. The second-order valence-electron chi connectivity index (χ2n) is 18.7. The van der Waals surface area contributed by atoms with E-state index in [1.807, 2.05) is 12.2 Å². The predicted octanol–water partition coefficient (Wildman–Crippen LogP) is 20.1. The zero-order chi connectivity index (χ0) is 47.4. The molecule has 0 radical (unpaired) electrons. The van der Waals surface area contributed by atoms with Gasteiger partial charge in [-0.3, -0.25) is 0 Å². The summed E-state index contributed by atoms with van der Waals surface area (Å²) in [4.78, 5) is 0. The van der Waals surface area contributed by atoms with Crippen LogP contribution in [0.15, 0.2) is 261 Å². The summed E-state index contributed by atoms with van der Waals surface area (Å²) in [6.07, 6.45) is 6.10. The number of rotatable bonds is 8. The molecule has 332 valence electrons. The molecule has 0 saturated heterocycles. The molecular formula is C71H48. The molecule has 0 heteroatoms. The van der Waals surface area contributed by atoms with Gasteiger partial charge in [0.25, 0.3) is 0 Å². The lowest BCUT2D eigenvalue weighted by atomic mass is 9.83. The van der Waals surface area contributed by atoms with Crippen LogP contribution in [0, 0.1) is 6.92 Å². The van der Waals surface area contributed by atoms with Crippen molar-refractivity contribution in [1.29, 1.82) is 0 Å². The monoisotopic (exact) mass is 900 g/mol. The second kappa shape index (κ2) is 17.5. The normalized spacial score (nSPS) is 11.7. The van der Waals surface area contributed by atoms with E-state index in [-0.39, 0.29) is 0 Å². The molecule has 0 aliphatic rings. The third-order valence-electron chi connectivity index (χ3n) is 14.8. The molecule has 0 aliphatic carbocycles. The van der Waals surface area contributed by atoms with Crippen molar-refractivity contribution in [2.45, 2.75) is 6.92 Å². The first kappa shape index (κ1) is 42.0. The Kier molecular flexibility index (Phi) is 10.3. The highest BCUT2D eigenvalue weighted by atomic mass is 14.2. The molecule has 0 atom stereocenters. The Hall–Kier alpha value is -9.10. The summed E-state index contributed by atoms with van der Waals surface area (Å²) in [6.45, 7) is 6.20. The molecule has 0 aromatic heterocycles. The van der Waals surface area contributed by atoms with Crippen molar-refractivity contribution in [2.24, 2.45) is 0 Å². The second-order valence-corrected chi connectivity index (χ2v) is 18.7. The molecule has 13 rings (SSSR count). The summed E-state index contributed by atoms with van der Waals surface area (Å²) in [7, 11) is 0. The Bertz CT molecular complexity index is 4250. The van der Waals surface area contributed by atoms with Gasteiger partial charge in [0.15, 0.2) is 0 Å². The summed E-state index contributed by atoms with van der Waals surface area (Å²) in [5, 5.41) is 14.9. The van der Waals surface area contributed by atoms with E-state index >= 15 is 0 Å². The van der Waals surface area contributed by atoms with Crippen molar-refractivity contribution in [1.82, 2.24) is 0 Å². The van der Waals surface area contributed by atoms with Gasteiger partial charge in [-0.2, -0.15) is 0 Å². The maximum Gasteiger partial charge on any atom is -0.00201 e. The zero-order valence-electron chi connectivity index (χ0n) is 39.5. The van der Waals surface area contributed by atoms with Crippen molar-refractivity contribution < 1.29 is 0 Å². The Morgan fingerprint density at radius 1 is 0.296 bits per heavy atom. The molecule has 0 amide bonds. The largest absolute Gasteiger partial charge is 0.0991 e. The molecule has 0 N–H and O–H groups in total. The standard InChI is InChI=1S/C71H48/c1-3-4-26-53-46(2)19-15-34-57(53)62-37-18-36-61-56(41-43-67(70(61)62)59-35-17-23-48-21-7-8-27-54(48)59)51-25-16-24-50(45-51)55-40-42-68(60-29-10-9-28-58(55)60)71-65-32-13-11-30-63(65)69(64-31-12-14-33-66(64)71)52-39-38-47-20-5-6-22-49(47)44-52/h3-45H,1H2,2H3/b26-4-. The van der Waals surface area contributed by atoms with Crippen molar-refractivity contribution in [3.63, 3.8) is 0 Å². The van der Waals surface area contributed by atoms with Crippen molar-refractivity contribution in [3.8, 4) is 66.8 Å². The lowest BCUT2D eigenvalue weighted by Gasteiger charge is -2.20. The molecule has 0 saturated carbocycles. The van der Waals surface area contributed by atoms with Crippen LogP contribution in [-0.4, -0.2) is 0 Å². The quantitative estimate of drug-likeness (QED) is 0.105. The Balaban J connectivity index is 0.999. The van der Waals surface area contributed by atoms with Gasteiger partial charge in [-0.05, 0) is 162 Å². The van der Waals surface area contributed by atoms with Gasteiger partial charge in [-0.25, -0.2) is 0 Å². The topological polar surface area (TPSA) is 0 Å². The minimum Gasteiger partial charge on any atom is -0.0991 e. The molecule has 0 bridgehead atoms. The van der Waals surface area contributed by atoms with Gasteiger partial charge in [0.05, 0.1) is 0 Å². The SMILES string of the molecule is C=C/C=C\c1c(C)cccc1-c1cccc2c(-c3cccc(-c4ccc(-c5c6ccccc6c(-c6ccc7ccccc7c6)c6ccccc56)c5ccccc45)c3)ccc(-c3cccc4ccccc34)c12. The molecule has 0 heterocycles. The van der Waals surface area contributed by atoms with Crippen molar-refractivity contribution in [2.75, 3.05) is 0 Å². The predicted molar refractivity (Wildman–Crippen MR) is 308 cm³/mol. The van der Waals surface area contributed by atoms with Crippen LogP contribution in [0.2, 0.25) is 0 Å². The van der Waals surface area contributed by atoms with Crippen molar-refractivity contribution >= 4 is 70.7 Å².